The number of amides is 1. The summed E-state index contributed by atoms with van der Waals surface area (Å²) in [6.07, 6.45) is 0. The molecule has 5 aromatic rings. The molecule has 3 N–H and O–H groups in total. The maximum absolute atomic E-state index is 12.1. The molecule has 58 heavy (non-hydrogen) atoms. The van der Waals surface area contributed by atoms with Crippen molar-refractivity contribution in [1.82, 2.24) is 29.9 Å². The average molecular weight is 759 g/mol. The zero-order valence-corrected chi connectivity index (χ0v) is 29.5. The molecule has 272 valence electrons. The Kier molecular flexibility index (Phi) is 9.54. The van der Waals surface area contributed by atoms with E-state index in [1.807, 2.05) is 42.5 Å². The average Bonchev–Trinajstić information content (AvgIpc) is 3.86. The summed E-state index contributed by atoms with van der Waals surface area (Å²) in [5.74, 6) is -1.05. The fourth-order valence-electron chi connectivity index (χ4n) is 6.32. The first kappa shape index (κ1) is 36.8. The van der Waals surface area contributed by atoms with Crippen LogP contribution in [0.1, 0.15) is 66.3 Å². The lowest BCUT2D eigenvalue weighted by Gasteiger charge is -2.05. The topological polar surface area (TPSA) is 310 Å². The molecule has 0 atom stereocenters. The van der Waals surface area contributed by atoms with Gasteiger partial charge in [0, 0.05) is 33.0 Å². The summed E-state index contributed by atoms with van der Waals surface area (Å²) in [6, 6.07) is 30.6. The molecular formula is C40H18N14O4. The van der Waals surface area contributed by atoms with Crippen molar-refractivity contribution < 1.29 is 14.4 Å². The summed E-state index contributed by atoms with van der Waals surface area (Å²) < 4.78 is 0. The summed E-state index contributed by atoms with van der Waals surface area (Å²) in [5.41, 5.74) is 10.5. The van der Waals surface area contributed by atoms with Crippen LogP contribution in [0.3, 0.4) is 0 Å². The van der Waals surface area contributed by atoms with Crippen LogP contribution in [0, 0.1) is 61.6 Å². The molecule has 0 radical (unpaired) electrons. The van der Waals surface area contributed by atoms with E-state index in [1.165, 1.54) is 7.11 Å². The number of hydrogen-bond donors (Lipinski definition) is 2. The van der Waals surface area contributed by atoms with Crippen molar-refractivity contribution in [1.29, 1.82) is 26.3 Å². The number of H-pyrrole nitrogens is 1. The number of benzene rings is 3. The summed E-state index contributed by atoms with van der Waals surface area (Å²) in [5, 5.41) is 53.1. The number of hydrogen-bond acceptors (Lipinski definition) is 16. The molecule has 0 unspecified atom stereocenters. The lowest BCUT2D eigenvalue weighted by atomic mass is 10.1. The fourth-order valence-corrected chi connectivity index (χ4v) is 6.32. The first-order chi connectivity index (χ1) is 28.2. The van der Waals surface area contributed by atoms with Gasteiger partial charge in [-0.1, -0.05) is 78.0 Å². The van der Waals surface area contributed by atoms with Gasteiger partial charge in [0.15, 0.2) is 28.5 Å². The Hall–Kier alpha value is -9.57. The number of nitrogens with two attached hydrogens (primary N) is 1. The SMILES string of the molecule is CON=C1c2ccccc2-c2nc(C#N)c(C#N)nc21.N#Cc1nc2c(N=O)c3ccccc3c-2[nH]c1C(N)=O.N#Cc1nc2c(nc1C#N)-c1ccccc1C2=O. The Bertz CT molecular complexity index is 3150. The molecule has 3 heterocycles. The van der Waals surface area contributed by atoms with E-state index in [-0.39, 0.29) is 57.0 Å². The molecule has 0 saturated heterocycles. The number of aromatic nitrogens is 6. The fraction of sp³-hybridized carbons (Fsp3) is 0.0250. The minimum absolute atomic E-state index is 0.0112. The van der Waals surface area contributed by atoms with E-state index in [1.54, 1.807) is 60.7 Å². The van der Waals surface area contributed by atoms with Crippen molar-refractivity contribution >= 4 is 33.9 Å². The third-order valence-electron chi connectivity index (χ3n) is 8.77. The highest BCUT2D eigenvalue weighted by atomic mass is 16.6. The number of oxime groups is 1. The van der Waals surface area contributed by atoms with Gasteiger partial charge in [0.05, 0.1) is 5.69 Å². The van der Waals surface area contributed by atoms with Gasteiger partial charge in [-0.15, -0.1) is 4.91 Å². The minimum atomic E-state index is -0.790. The smallest absolute Gasteiger partial charge is 0.268 e. The predicted octanol–water partition coefficient (Wildman–Crippen LogP) is 5.07. The molecule has 3 aromatic carbocycles. The van der Waals surface area contributed by atoms with E-state index in [4.69, 9.17) is 36.9 Å². The van der Waals surface area contributed by atoms with Crippen molar-refractivity contribution in [2.75, 3.05) is 7.11 Å². The highest BCUT2D eigenvalue weighted by Gasteiger charge is 2.32. The Morgan fingerprint density at radius 3 is 1.60 bits per heavy atom. The maximum atomic E-state index is 12.1. The van der Waals surface area contributed by atoms with E-state index in [0.717, 1.165) is 11.1 Å². The maximum Gasteiger partial charge on any atom is 0.268 e. The zero-order chi connectivity index (χ0) is 41.1. The third kappa shape index (κ3) is 5.99. The largest absolute Gasteiger partial charge is 0.399 e. The normalized spacial score (nSPS) is 11.7. The Balaban J connectivity index is 0.000000133. The first-order valence-electron chi connectivity index (χ1n) is 16.5. The van der Waals surface area contributed by atoms with Crippen molar-refractivity contribution in [3.05, 3.63) is 134 Å². The molecule has 9 rings (SSSR count). The molecule has 0 saturated carbocycles. The Morgan fingerprint density at radius 1 is 0.621 bits per heavy atom. The number of fused-ring (bicyclic) bond motifs is 9. The number of carbonyl (C=O) groups is 2. The Morgan fingerprint density at radius 2 is 1.07 bits per heavy atom. The van der Waals surface area contributed by atoms with Gasteiger partial charge >= 0.3 is 0 Å². The van der Waals surface area contributed by atoms with E-state index >= 15 is 0 Å². The van der Waals surface area contributed by atoms with Crippen LogP contribution in [-0.4, -0.2) is 54.4 Å². The number of nitrogens with one attached hydrogen (secondary N) is 1. The van der Waals surface area contributed by atoms with Gasteiger partial charge in [0.2, 0.25) is 5.78 Å². The molecule has 1 amide bonds. The van der Waals surface area contributed by atoms with E-state index < -0.39 is 5.91 Å². The summed E-state index contributed by atoms with van der Waals surface area (Å²) in [6.45, 7) is 0. The standard InChI is InChI=1S/C14H7N5O.C13H7N5O2.C13H4N4O/c1-20-19-13-9-5-3-2-4-8(9)12-14(13)18-11(7-16)10(6-15)17-12;14-5-8-11(13(15)19)17-9-6-3-1-2-4-7(6)10(18-20)12(9)16-8;14-5-9-10(6-15)17-12-11(16-9)7-3-1-2-4-8(7)13(12)18/h2-5H,1H3;1-4,17H,(H2,15,19);1-4H. The summed E-state index contributed by atoms with van der Waals surface area (Å²) in [4.78, 5) is 62.6. The second-order valence-electron chi connectivity index (χ2n) is 11.9. The number of carbonyl (C=O) groups excluding carboxylic acids is 2. The number of primary amides is 1. The lowest BCUT2D eigenvalue weighted by molar-refractivity contribution is 0.0993. The quantitative estimate of drug-likeness (QED) is 0.176. The molecule has 1 aliphatic heterocycles. The molecule has 3 aliphatic carbocycles. The number of nitriles is 5. The number of nitroso groups, excluding NO2 is 1. The van der Waals surface area contributed by atoms with E-state index in [0.29, 0.717) is 50.4 Å². The van der Waals surface area contributed by atoms with E-state index in [9.17, 15) is 14.5 Å². The Labute approximate surface area is 325 Å². The van der Waals surface area contributed by atoms with Crippen LogP contribution in [0.15, 0.2) is 83.1 Å². The monoisotopic (exact) mass is 758 g/mol. The number of rotatable bonds is 3. The van der Waals surface area contributed by atoms with Gasteiger partial charge in [0.1, 0.15) is 83.0 Å². The molecule has 0 spiro atoms. The van der Waals surface area contributed by atoms with Crippen LogP contribution >= 0.6 is 0 Å². The molecule has 2 aromatic heterocycles. The van der Waals surface area contributed by atoms with Crippen molar-refractivity contribution in [2.24, 2.45) is 16.1 Å². The highest BCUT2D eigenvalue weighted by Crippen LogP contribution is 2.42. The second-order valence-corrected chi connectivity index (χ2v) is 11.9. The van der Waals surface area contributed by atoms with Gasteiger partial charge in [-0.05, 0) is 5.18 Å². The third-order valence-corrected chi connectivity index (χ3v) is 8.77. The van der Waals surface area contributed by atoms with Gasteiger partial charge < -0.3 is 15.6 Å². The van der Waals surface area contributed by atoms with Crippen LogP contribution in [0.2, 0.25) is 0 Å². The zero-order valence-electron chi connectivity index (χ0n) is 29.5. The van der Waals surface area contributed by atoms with Crippen molar-refractivity contribution in [2.45, 2.75) is 0 Å². The number of ketones is 1. The van der Waals surface area contributed by atoms with Crippen molar-refractivity contribution in [3.8, 4) is 64.2 Å². The van der Waals surface area contributed by atoms with Gasteiger partial charge in [0.25, 0.3) is 5.91 Å². The molecule has 4 aliphatic rings. The summed E-state index contributed by atoms with van der Waals surface area (Å²) in [7, 11) is 1.44. The number of aromatic amines is 1. The second kappa shape index (κ2) is 15.0. The van der Waals surface area contributed by atoms with Crippen LogP contribution < -0.4 is 5.73 Å². The molecule has 18 heteroatoms. The predicted molar refractivity (Wildman–Crippen MR) is 201 cm³/mol. The van der Waals surface area contributed by atoms with Gasteiger partial charge in [-0.2, -0.15) is 26.3 Å². The van der Waals surface area contributed by atoms with E-state index in [2.05, 4.69) is 40.2 Å². The minimum Gasteiger partial charge on any atom is -0.399 e. The van der Waals surface area contributed by atoms with Crippen molar-refractivity contribution in [3.63, 3.8) is 0 Å². The lowest BCUT2D eigenvalue weighted by Crippen LogP contribution is -2.17. The molecular weight excluding hydrogens is 741 g/mol. The first-order valence-corrected chi connectivity index (χ1v) is 16.5. The van der Waals surface area contributed by atoms with Gasteiger partial charge in [-0.25, -0.2) is 24.9 Å². The molecule has 0 bridgehead atoms. The van der Waals surface area contributed by atoms with Gasteiger partial charge in [-0.3, -0.25) is 9.59 Å². The van der Waals surface area contributed by atoms with Crippen LogP contribution in [-0.2, 0) is 4.84 Å². The number of nitrogens with zero attached hydrogens (tertiary/aromatic N) is 12. The van der Waals surface area contributed by atoms with Crippen LogP contribution in [0.5, 0.6) is 0 Å². The molecule has 0 fully saturated rings. The van der Waals surface area contributed by atoms with Crippen LogP contribution in [0.4, 0.5) is 5.69 Å². The summed E-state index contributed by atoms with van der Waals surface area (Å²) >= 11 is 0. The molecule has 18 nitrogen and oxygen atoms in total. The highest BCUT2D eigenvalue weighted by molar-refractivity contribution is 6.22. The van der Waals surface area contributed by atoms with Crippen LogP contribution in [0.25, 0.3) is 44.7 Å².